The fourth-order valence-electron chi connectivity index (χ4n) is 3.63. The number of carbonyl (C=O) groups is 3. The van der Waals surface area contributed by atoms with Gasteiger partial charge in [-0.05, 0) is 51.3 Å². The van der Waals surface area contributed by atoms with Crippen molar-refractivity contribution in [2.75, 3.05) is 31.6 Å². The molecule has 2 heterocycles. The van der Waals surface area contributed by atoms with Crippen molar-refractivity contribution in [1.82, 2.24) is 15.1 Å². The first-order chi connectivity index (χ1) is 15.2. The number of rotatable bonds is 7. The minimum absolute atomic E-state index is 0.0132. The molecule has 0 radical (unpaired) electrons. The number of benzene rings is 1. The third-order valence-electron chi connectivity index (χ3n) is 5.31. The van der Waals surface area contributed by atoms with E-state index in [1.807, 2.05) is 45.0 Å². The van der Waals surface area contributed by atoms with Gasteiger partial charge >= 0.3 is 6.09 Å². The number of β-amino-alcohol motifs (C(OH)–C–C–N with tert-alkyl or cyclic N) is 1. The lowest BCUT2D eigenvalue weighted by Crippen LogP contribution is -2.46. The molecule has 3 rings (SSSR count). The monoisotopic (exact) mass is 444 g/mol. The molecule has 32 heavy (non-hydrogen) atoms. The second-order valence-electron chi connectivity index (χ2n) is 9.02. The van der Waals surface area contributed by atoms with Gasteiger partial charge in [-0.25, -0.2) is 4.79 Å². The van der Waals surface area contributed by atoms with E-state index in [4.69, 9.17) is 9.84 Å². The van der Waals surface area contributed by atoms with Gasteiger partial charge in [0, 0.05) is 37.4 Å². The van der Waals surface area contributed by atoms with Crippen LogP contribution in [-0.2, 0) is 20.9 Å². The first-order valence-corrected chi connectivity index (χ1v) is 10.9. The normalized spacial score (nSPS) is 17.6. The van der Waals surface area contributed by atoms with Crippen molar-refractivity contribution in [1.29, 1.82) is 0 Å². The summed E-state index contributed by atoms with van der Waals surface area (Å²) in [5, 5.41) is 15.5. The van der Waals surface area contributed by atoms with Gasteiger partial charge in [0.15, 0.2) is 0 Å². The number of amides is 3. The fourth-order valence-corrected chi connectivity index (χ4v) is 3.63. The van der Waals surface area contributed by atoms with Crippen LogP contribution in [0.3, 0.4) is 0 Å². The number of nitrogens with one attached hydrogen (secondary N) is 2. The number of nitrogens with zero attached hydrogens (tertiary/aromatic N) is 2. The van der Waals surface area contributed by atoms with Gasteiger partial charge in [-0.15, -0.1) is 0 Å². The van der Waals surface area contributed by atoms with Gasteiger partial charge < -0.3 is 25.4 Å². The molecular formula is C23H32N4O5. The third kappa shape index (κ3) is 6.30. The molecule has 3 N–H and O–H groups in total. The van der Waals surface area contributed by atoms with Crippen molar-refractivity contribution in [2.24, 2.45) is 0 Å². The molecule has 3 amide bonds. The van der Waals surface area contributed by atoms with Crippen molar-refractivity contribution >= 4 is 23.6 Å². The molecule has 0 aliphatic carbocycles. The molecule has 2 aliphatic rings. The molecule has 1 fully saturated rings. The number of aliphatic hydroxyl groups is 1. The van der Waals surface area contributed by atoms with Gasteiger partial charge in [-0.3, -0.25) is 14.5 Å². The van der Waals surface area contributed by atoms with Crippen molar-refractivity contribution in [3.63, 3.8) is 0 Å². The number of piperidine rings is 1. The summed E-state index contributed by atoms with van der Waals surface area (Å²) in [7, 11) is 0. The van der Waals surface area contributed by atoms with Gasteiger partial charge in [-0.2, -0.15) is 0 Å². The smallest absolute Gasteiger partial charge is 0.410 e. The van der Waals surface area contributed by atoms with Gasteiger partial charge in [-0.1, -0.05) is 12.1 Å². The molecule has 9 nitrogen and oxygen atoms in total. The lowest BCUT2D eigenvalue weighted by atomic mass is 10.0. The Morgan fingerprint density at radius 1 is 1.16 bits per heavy atom. The molecule has 1 saturated heterocycles. The largest absolute Gasteiger partial charge is 0.444 e. The zero-order valence-corrected chi connectivity index (χ0v) is 18.9. The number of likely N-dealkylation sites (tertiary alicyclic amines) is 1. The Hall–Kier alpha value is -2.91. The second-order valence-corrected chi connectivity index (χ2v) is 9.02. The number of imide groups is 1. The summed E-state index contributed by atoms with van der Waals surface area (Å²) in [6.07, 6.45) is 2.73. The summed E-state index contributed by atoms with van der Waals surface area (Å²) in [5.41, 5.74) is 1.52. The maximum absolute atomic E-state index is 12.2. The average Bonchev–Trinajstić information content (AvgIpc) is 3.00. The molecule has 0 bridgehead atoms. The summed E-state index contributed by atoms with van der Waals surface area (Å²) in [6.45, 7) is 7.37. The summed E-state index contributed by atoms with van der Waals surface area (Å²) >= 11 is 0. The SMILES string of the molecule is CC(C)(C)OC(=O)N1CCC(NCc2ccc(NC3=CC(=O)N(CCO)C3=O)cc2)CC1. The molecule has 9 heteroatoms. The van der Waals surface area contributed by atoms with Crippen molar-refractivity contribution < 1.29 is 24.2 Å². The Balaban J connectivity index is 1.43. The Morgan fingerprint density at radius 2 is 1.81 bits per heavy atom. The van der Waals surface area contributed by atoms with E-state index >= 15 is 0 Å². The molecule has 0 saturated carbocycles. The predicted molar refractivity (Wildman–Crippen MR) is 120 cm³/mol. The summed E-state index contributed by atoms with van der Waals surface area (Å²) < 4.78 is 5.43. The maximum Gasteiger partial charge on any atom is 0.410 e. The molecular weight excluding hydrogens is 412 g/mol. The molecule has 1 aromatic carbocycles. The van der Waals surface area contributed by atoms with Gasteiger partial charge in [0.25, 0.3) is 11.8 Å². The Labute approximate surface area is 188 Å². The maximum atomic E-state index is 12.2. The van der Waals surface area contributed by atoms with Crippen LogP contribution in [0.25, 0.3) is 0 Å². The highest BCUT2D eigenvalue weighted by atomic mass is 16.6. The van der Waals surface area contributed by atoms with E-state index in [-0.39, 0.29) is 24.9 Å². The van der Waals surface area contributed by atoms with Crippen molar-refractivity contribution in [3.05, 3.63) is 41.6 Å². The van der Waals surface area contributed by atoms with Crippen molar-refractivity contribution in [2.45, 2.75) is 51.8 Å². The summed E-state index contributed by atoms with van der Waals surface area (Å²) in [4.78, 5) is 39.0. The van der Waals surface area contributed by atoms with E-state index in [0.717, 1.165) is 23.3 Å². The second kappa shape index (κ2) is 10.1. The molecule has 174 valence electrons. The highest BCUT2D eigenvalue weighted by molar-refractivity contribution is 6.17. The Kier molecular flexibility index (Phi) is 7.52. The number of ether oxygens (including phenoxy) is 1. The average molecular weight is 445 g/mol. The minimum Gasteiger partial charge on any atom is -0.444 e. The van der Waals surface area contributed by atoms with Crippen LogP contribution in [0.5, 0.6) is 0 Å². The van der Waals surface area contributed by atoms with Gasteiger partial charge in [0.2, 0.25) is 0 Å². The number of anilines is 1. The fraction of sp³-hybridized carbons (Fsp3) is 0.522. The predicted octanol–water partition coefficient (Wildman–Crippen LogP) is 1.83. The Bertz CT molecular complexity index is 867. The minimum atomic E-state index is -0.483. The van der Waals surface area contributed by atoms with Crippen LogP contribution in [-0.4, -0.2) is 70.7 Å². The van der Waals surface area contributed by atoms with E-state index in [2.05, 4.69) is 10.6 Å². The highest BCUT2D eigenvalue weighted by Gasteiger charge is 2.30. The van der Waals surface area contributed by atoms with Crippen LogP contribution in [0.15, 0.2) is 36.0 Å². The van der Waals surface area contributed by atoms with Crippen LogP contribution in [0, 0.1) is 0 Å². The first-order valence-electron chi connectivity index (χ1n) is 10.9. The van der Waals surface area contributed by atoms with E-state index in [9.17, 15) is 14.4 Å². The van der Waals surface area contributed by atoms with E-state index in [1.54, 1.807) is 4.90 Å². The van der Waals surface area contributed by atoms with Gasteiger partial charge in [0.1, 0.15) is 11.3 Å². The van der Waals surface area contributed by atoms with Crippen LogP contribution in [0.2, 0.25) is 0 Å². The van der Waals surface area contributed by atoms with E-state index in [0.29, 0.717) is 31.4 Å². The summed E-state index contributed by atoms with van der Waals surface area (Å²) in [6, 6.07) is 7.96. The molecule has 0 spiro atoms. The van der Waals surface area contributed by atoms with Crippen LogP contribution >= 0.6 is 0 Å². The molecule has 0 atom stereocenters. The number of hydrogen-bond acceptors (Lipinski definition) is 7. The molecule has 0 aromatic heterocycles. The zero-order valence-electron chi connectivity index (χ0n) is 18.9. The van der Waals surface area contributed by atoms with Crippen LogP contribution in [0.4, 0.5) is 10.5 Å². The van der Waals surface area contributed by atoms with Crippen LogP contribution in [0.1, 0.15) is 39.2 Å². The topological polar surface area (TPSA) is 111 Å². The molecule has 1 aromatic rings. The zero-order chi connectivity index (χ0) is 23.3. The molecule has 2 aliphatic heterocycles. The lowest BCUT2D eigenvalue weighted by molar-refractivity contribution is -0.137. The molecule has 0 unspecified atom stereocenters. The van der Waals surface area contributed by atoms with E-state index < -0.39 is 17.4 Å². The van der Waals surface area contributed by atoms with Crippen LogP contribution < -0.4 is 10.6 Å². The first kappa shape index (κ1) is 23.7. The van der Waals surface area contributed by atoms with Crippen molar-refractivity contribution in [3.8, 4) is 0 Å². The number of carbonyl (C=O) groups excluding carboxylic acids is 3. The van der Waals surface area contributed by atoms with Gasteiger partial charge in [0.05, 0.1) is 13.2 Å². The third-order valence-corrected chi connectivity index (χ3v) is 5.31. The highest BCUT2D eigenvalue weighted by Crippen LogP contribution is 2.19. The number of hydrogen-bond donors (Lipinski definition) is 3. The summed E-state index contributed by atoms with van der Waals surface area (Å²) in [5.74, 6) is -0.863. The Morgan fingerprint density at radius 3 is 2.41 bits per heavy atom. The standard InChI is InChI=1S/C23H32N4O5/c1-23(2,3)32-22(31)26-10-8-17(9-11-26)24-15-16-4-6-18(7-5-16)25-19-14-20(29)27(12-13-28)21(19)30/h4-7,14,17,24-25,28H,8-13,15H2,1-3H3. The quantitative estimate of drug-likeness (QED) is 0.550. The van der Waals surface area contributed by atoms with E-state index in [1.165, 1.54) is 6.08 Å². The number of aliphatic hydroxyl groups excluding tert-OH is 1. The lowest BCUT2D eigenvalue weighted by Gasteiger charge is -2.33.